The van der Waals surface area contributed by atoms with Crippen LogP contribution >= 0.6 is 0 Å². The van der Waals surface area contributed by atoms with Crippen molar-refractivity contribution < 1.29 is 15.0 Å². The van der Waals surface area contributed by atoms with E-state index in [9.17, 15) is 15.0 Å². The van der Waals surface area contributed by atoms with Crippen LogP contribution in [0.2, 0.25) is 0 Å². The molecule has 0 aromatic heterocycles. The van der Waals surface area contributed by atoms with Crippen molar-refractivity contribution in [1.82, 2.24) is 5.32 Å². The van der Waals surface area contributed by atoms with E-state index in [1.54, 1.807) is 6.08 Å². The van der Waals surface area contributed by atoms with E-state index in [-0.39, 0.29) is 12.5 Å². The van der Waals surface area contributed by atoms with E-state index in [0.717, 1.165) is 83.5 Å². The van der Waals surface area contributed by atoms with Crippen molar-refractivity contribution in [2.45, 2.75) is 219 Å². The molecule has 60 heavy (non-hydrogen) atoms. The van der Waals surface area contributed by atoms with Gasteiger partial charge in [-0.15, -0.1) is 0 Å². The summed E-state index contributed by atoms with van der Waals surface area (Å²) in [5, 5.41) is 22.8. The SMILES string of the molecule is C/C=C/CC/C=C/CC/C=C/C(O)C(CO)NC(=O)CCCCCCCCCCCCCCCCCCC/C=C\C/C=C\C/C=C\C/C=C\C/C=C\C/C=C\C/C=C\CC. The number of nitrogens with one attached hydrogen (secondary N) is 1. The summed E-state index contributed by atoms with van der Waals surface area (Å²) in [4.78, 5) is 12.4. The third kappa shape index (κ3) is 45.9. The number of carbonyl (C=O) groups is 1. The van der Waals surface area contributed by atoms with E-state index in [1.807, 2.05) is 13.0 Å². The molecule has 0 aliphatic heterocycles. The van der Waals surface area contributed by atoms with Gasteiger partial charge in [0, 0.05) is 6.42 Å². The average molecular weight is 828 g/mol. The predicted molar refractivity (Wildman–Crippen MR) is 266 cm³/mol. The highest BCUT2D eigenvalue weighted by molar-refractivity contribution is 5.76. The zero-order valence-electron chi connectivity index (χ0n) is 38.9. The minimum Gasteiger partial charge on any atom is -0.394 e. The Labute approximate surface area is 371 Å². The molecule has 0 rings (SSSR count). The van der Waals surface area contributed by atoms with Gasteiger partial charge in [-0.1, -0.05) is 225 Å². The van der Waals surface area contributed by atoms with E-state index in [2.05, 4.69) is 122 Å². The molecule has 0 spiro atoms. The van der Waals surface area contributed by atoms with E-state index < -0.39 is 12.1 Å². The Morgan fingerprint density at radius 1 is 0.433 bits per heavy atom. The van der Waals surface area contributed by atoms with Crippen LogP contribution in [-0.4, -0.2) is 34.9 Å². The van der Waals surface area contributed by atoms with Crippen molar-refractivity contribution in [3.8, 4) is 0 Å². The lowest BCUT2D eigenvalue weighted by molar-refractivity contribution is -0.123. The zero-order chi connectivity index (χ0) is 43.5. The maximum atomic E-state index is 12.4. The number of unbranched alkanes of at least 4 members (excludes halogenated alkanes) is 19. The molecule has 0 aromatic rings. The lowest BCUT2D eigenvalue weighted by atomic mass is 10.0. The summed E-state index contributed by atoms with van der Waals surface area (Å²) in [5.74, 6) is -0.0853. The highest BCUT2D eigenvalue weighted by Gasteiger charge is 2.17. The molecule has 0 aliphatic carbocycles. The van der Waals surface area contributed by atoms with E-state index in [4.69, 9.17) is 0 Å². The van der Waals surface area contributed by atoms with Gasteiger partial charge in [0.25, 0.3) is 0 Å². The Hall–Kier alpha value is -3.21. The van der Waals surface area contributed by atoms with E-state index in [1.165, 1.54) is 103 Å². The Morgan fingerprint density at radius 2 is 0.767 bits per heavy atom. The fraction of sp³-hybridized carbons (Fsp3) is 0.625. The number of allylic oxidation sites excluding steroid dienone is 19. The zero-order valence-corrected chi connectivity index (χ0v) is 38.9. The number of aliphatic hydroxyl groups is 2. The molecule has 0 saturated heterocycles. The van der Waals surface area contributed by atoms with Crippen LogP contribution in [0.1, 0.15) is 206 Å². The van der Waals surface area contributed by atoms with Crippen molar-refractivity contribution in [2.75, 3.05) is 6.61 Å². The minimum atomic E-state index is -0.872. The van der Waals surface area contributed by atoms with Crippen LogP contribution < -0.4 is 5.32 Å². The van der Waals surface area contributed by atoms with Crippen LogP contribution in [0.4, 0.5) is 0 Å². The molecule has 0 fully saturated rings. The normalized spacial score (nSPS) is 14.0. The maximum absolute atomic E-state index is 12.4. The lowest BCUT2D eigenvalue weighted by Crippen LogP contribution is -2.45. The van der Waals surface area contributed by atoms with Crippen LogP contribution in [-0.2, 0) is 4.79 Å². The van der Waals surface area contributed by atoms with Crippen LogP contribution in [0.25, 0.3) is 0 Å². The summed E-state index contributed by atoms with van der Waals surface area (Å²) in [6.45, 7) is 3.93. The van der Waals surface area contributed by atoms with Crippen molar-refractivity contribution in [1.29, 1.82) is 0 Å². The second-order valence-corrected chi connectivity index (χ2v) is 16.1. The number of aliphatic hydroxyl groups excluding tert-OH is 2. The van der Waals surface area contributed by atoms with Gasteiger partial charge >= 0.3 is 0 Å². The topological polar surface area (TPSA) is 69.6 Å². The fourth-order valence-electron chi connectivity index (χ4n) is 6.79. The first-order valence-corrected chi connectivity index (χ1v) is 24.7. The Kier molecular flexibility index (Phi) is 47.5. The summed E-state index contributed by atoms with van der Waals surface area (Å²) in [6.07, 6.45) is 77.9. The maximum Gasteiger partial charge on any atom is 0.220 e. The van der Waals surface area contributed by atoms with Crippen LogP contribution in [0.15, 0.2) is 122 Å². The van der Waals surface area contributed by atoms with Crippen molar-refractivity contribution in [3.63, 3.8) is 0 Å². The van der Waals surface area contributed by atoms with Crippen molar-refractivity contribution in [3.05, 3.63) is 122 Å². The summed E-state index contributed by atoms with van der Waals surface area (Å²) >= 11 is 0. The van der Waals surface area contributed by atoms with Gasteiger partial charge in [-0.05, 0) is 96.8 Å². The molecule has 4 heteroatoms. The Morgan fingerprint density at radius 3 is 1.17 bits per heavy atom. The highest BCUT2D eigenvalue weighted by atomic mass is 16.3. The summed E-state index contributed by atoms with van der Waals surface area (Å²) in [7, 11) is 0. The van der Waals surface area contributed by atoms with Crippen LogP contribution in [0.3, 0.4) is 0 Å². The first-order chi connectivity index (χ1) is 29.7. The third-order valence-electron chi connectivity index (χ3n) is 10.5. The van der Waals surface area contributed by atoms with Gasteiger partial charge in [-0.3, -0.25) is 4.79 Å². The first-order valence-electron chi connectivity index (χ1n) is 24.7. The van der Waals surface area contributed by atoms with Gasteiger partial charge in [0.05, 0.1) is 18.8 Å². The van der Waals surface area contributed by atoms with Gasteiger partial charge in [-0.25, -0.2) is 0 Å². The lowest BCUT2D eigenvalue weighted by Gasteiger charge is -2.19. The molecule has 0 aliphatic rings. The van der Waals surface area contributed by atoms with Gasteiger partial charge in [0.15, 0.2) is 0 Å². The molecule has 0 heterocycles. The molecular formula is C56H93NO3. The van der Waals surface area contributed by atoms with Crippen molar-refractivity contribution >= 4 is 5.91 Å². The average Bonchev–Trinajstić information content (AvgIpc) is 3.25. The van der Waals surface area contributed by atoms with E-state index in [0.29, 0.717) is 6.42 Å². The van der Waals surface area contributed by atoms with Gasteiger partial charge in [0.1, 0.15) is 0 Å². The molecule has 340 valence electrons. The predicted octanol–water partition coefficient (Wildman–Crippen LogP) is 16.1. The highest BCUT2D eigenvalue weighted by Crippen LogP contribution is 2.15. The molecule has 2 unspecified atom stereocenters. The molecule has 0 saturated carbocycles. The number of hydrogen-bond donors (Lipinski definition) is 3. The number of rotatable bonds is 43. The summed E-state index contributed by atoms with van der Waals surface area (Å²) in [6, 6.07) is -0.648. The van der Waals surface area contributed by atoms with Crippen molar-refractivity contribution in [2.24, 2.45) is 0 Å². The second-order valence-electron chi connectivity index (χ2n) is 16.1. The number of hydrogen-bond acceptors (Lipinski definition) is 3. The number of amides is 1. The molecule has 0 bridgehead atoms. The standard InChI is InChI=1S/C56H93NO3/c1-3-5-7-9-11-13-14-15-16-17-18-19-20-21-22-23-24-25-26-27-28-29-30-31-32-33-34-35-36-37-38-39-40-41-42-44-46-48-50-52-56(60)57-54(53-58)55(59)51-49-47-45-43-12-10-8-6-4-2/h4-7,11-13,15-16,18-19,21-22,24-25,27-28,43,49,51,54-55,58-59H,3,8-10,14,17,20,23,26,29-42,44-48,50,52-53H2,1-2H3,(H,57,60)/b6-4+,7-5-,13-11-,16-15-,19-18-,22-21-,25-24-,28-27-,43-12+,51-49+. The summed E-state index contributed by atoms with van der Waals surface area (Å²) in [5.41, 5.74) is 0. The van der Waals surface area contributed by atoms with Gasteiger partial charge < -0.3 is 15.5 Å². The molecular weight excluding hydrogens is 735 g/mol. The molecule has 0 aromatic carbocycles. The molecule has 4 nitrogen and oxygen atoms in total. The smallest absolute Gasteiger partial charge is 0.220 e. The van der Waals surface area contributed by atoms with Crippen LogP contribution in [0.5, 0.6) is 0 Å². The minimum absolute atomic E-state index is 0.0853. The fourth-order valence-corrected chi connectivity index (χ4v) is 6.79. The van der Waals surface area contributed by atoms with Gasteiger partial charge in [0.2, 0.25) is 5.91 Å². The Bertz CT molecular complexity index is 1210. The molecule has 2 atom stereocenters. The Balaban J connectivity index is 3.50. The quantitative estimate of drug-likeness (QED) is 0.0424. The molecule has 1 amide bonds. The summed E-state index contributed by atoms with van der Waals surface area (Å²) < 4.78 is 0. The second kappa shape index (κ2) is 50.1. The molecule has 0 radical (unpaired) electrons. The number of carbonyl (C=O) groups excluding carboxylic acids is 1. The van der Waals surface area contributed by atoms with E-state index >= 15 is 0 Å². The first kappa shape index (κ1) is 56.8. The monoisotopic (exact) mass is 828 g/mol. The third-order valence-corrected chi connectivity index (χ3v) is 10.5. The largest absolute Gasteiger partial charge is 0.394 e. The van der Waals surface area contributed by atoms with Gasteiger partial charge in [-0.2, -0.15) is 0 Å². The molecule has 3 N–H and O–H groups in total. The van der Waals surface area contributed by atoms with Crippen LogP contribution in [0, 0.1) is 0 Å².